The van der Waals surface area contributed by atoms with E-state index in [4.69, 9.17) is 5.73 Å². The molecular weight excluding hydrogens is 307 g/mol. The molecule has 0 aliphatic rings. The second kappa shape index (κ2) is 5.85. The molecule has 0 radical (unpaired) electrons. The number of anilines is 1. The Kier molecular flexibility index (Phi) is 3.85. The van der Waals surface area contributed by atoms with Gasteiger partial charge in [-0.15, -0.1) is 0 Å². The van der Waals surface area contributed by atoms with Crippen molar-refractivity contribution in [2.24, 2.45) is 0 Å². The summed E-state index contributed by atoms with van der Waals surface area (Å²) < 4.78 is 14.5. The van der Waals surface area contributed by atoms with E-state index in [1.807, 2.05) is 6.92 Å². The molecule has 0 unspecified atom stereocenters. The van der Waals surface area contributed by atoms with Gasteiger partial charge in [-0.3, -0.25) is 9.36 Å². The summed E-state index contributed by atoms with van der Waals surface area (Å²) in [5, 5.41) is 9.99. The first-order valence-corrected chi connectivity index (χ1v) is 7.47. The molecule has 3 aromatic rings. The molecule has 0 aliphatic heterocycles. The van der Waals surface area contributed by atoms with Gasteiger partial charge in [0, 0.05) is 11.1 Å². The topological polar surface area (TPSA) is 68.2 Å². The minimum absolute atomic E-state index is 0.0917. The first-order valence-electron chi connectivity index (χ1n) is 7.47. The highest BCUT2D eigenvalue weighted by molar-refractivity contribution is 5.66. The number of phenolic OH excluding ortho intramolecular Hbond substituents is 1. The highest BCUT2D eigenvalue weighted by Crippen LogP contribution is 2.28. The lowest BCUT2D eigenvalue weighted by molar-refractivity contribution is 0.470. The standard InChI is InChI=1S/C19H17FN2O2/c1-11-3-9-16(23)12(2)18(11)22-17(21)10-8-15(19(22)24)13-4-6-14(20)7-5-13/h3-10,23H,21H2,1-2H3. The second-order valence-electron chi connectivity index (χ2n) is 5.69. The molecule has 3 rings (SSSR count). The largest absolute Gasteiger partial charge is 0.508 e. The number of hydrogen-bond donors (Lipinski definition) is 2. The first kappa shape index (κ1) is 15.8. The first-order chi connectivity index (χ1) is 11.4. The fraction of sp³-hybridized carbons (Fsp3) is 0.105. The number of nitrogens with zero attached hydrogens (tertiary/aromatic N) is 1. The molecule has 0 fully saturated rings. The third-order valence-corrected chi connectivity index (χ3v) is 4.10. The molecule has 2 aromatic carbocycles. The van der Waals surface area contributed by atoms with E-state index in [-0.39, 0.29) is 22.9 Å². The Morgan fingerprint density at radius 2 is 1.67 bits per heavy atom. The number of nitrogen functional groups attached to an aromatic ring is 1. The zero-order valence-electron chi connectivity index (χ0n) is 13.4. The number of rotatable bonds is 2. The van der Waals surface area contributed by atoms with Crippen molar-refractivity contribution >= 4 is 5.82 Å². The number of nitrogens with two attached hydrogens (primary N) is 1. The van der Waals surface area contributed by atoms with Crippen molar-refractivity contribution in [1.82, 2.24) is 4.57 Å². The van der Waals surface area contributed by atoms with Gasteiger partial charge in [-0.1, -0.05) is 18.2 Å². The fourth-order valence-electron chi connectivity index (χ4n) is 2.80. The third-order valence-electron chi connectivity index (χ3n) is 4.10. The number of phenols is 1. The Bertz CT molecular complexity index is 976. The van der Waals surface area contributed by atoms with Crippen molar-refractivity contribution in [2.75, 3.05) is 5.73 Å². The summed E-state index contributed by atoms with van der Waals surface area (Å²) in [6.45, 7) is 3.58. The van der Waals surface area contributed by atoms with Gasteiger partial charge in [0.1, 0.15) is 17.4 Å². The van der Waals surface area contributed by atoms with Gasteiger partial charge in [0.2, 0.25) is 0 Å². The van der Waals surface area contributed by atoms with Crippen LogP contribution in [0.4, 0.5) is 10.2 Å². The maximum Gasteiger partial charge on any atom is 0.264 e. The van der Waals surface area contributed by atoms with Crippen LogP contribution in [0.1, 0.15) is 11.1 Å². The third kappa shape index (κ3) is 2.54. The van der Waals surface area contributed by atoms with E-state index in [0.717, 1.165) is 5.56 Å². The van der Waals surface area contributed by atoms with E-state index >= 15 is 0 Å². The Balaban J connectivity index is 2.31. The van der Waals surface area contributed by atoms with Gasteiger partial charge in [-0.25, -0.2) is 4.39 Å². The SMILES string of the molecule is Cc1ccc(O)c(C)c1-n1c(N)ccc(-c2ccc(F)cc2)c1=O. The maximum absolute atomic E-state index is 13.1. The molecule has 122 valence electrons. The van der Waals surface area contributed by atoms with Crippen LogP contribution in [-0.2, 0) is 0 Å². The second-order valence-corrected chi connectivity index (χ2v) is 5.69. The summed E-state index contributed by atoms with van der Waals surface area (Å²) in [5.41, 5.74) is 8.67. The van der Waals surface area contributed by atoms with E-state index in [9.17, 15) is 14.3 Å². The van der Waals surface area contributed by atoms with Crippen LogP contribution in [0.5, 0.6) is 5.75 Å². The molecule has 0 amide bonds. The van der Waals surface area contributed by atoms with Crippen molar-refractivity contribution < 1.29 is 9.50 Å². The fourth-order valence-corrected chi connectivity index (χ4v) is 2.80. The van der Waals surface area contributed by atoms with Crippen molar-refractivity contribution in [2.45, 2.75) is 13.8 Å². The summed E-state index contributed by atoms with van der Waals surface area (Å²) in [7, 11) is 0. The molecule has 0 bridgehead atoms. The Morgan fingerprint density at radius 1 is 1.00 bits per heavy atom. The summed E-state index contributed by atoms with van der Waals surface area (Å²) in [6.07, 6.45) is 0. The van der Waals surface area contributed by atoms with E-state index in [1.165, 1.54) is 16.7 Å². The van der Waals surface area contributed by atoms with Gasteiger partial charge >= 0.3 is 0 Å². The van der Waals surface area contributed by atoms with Crippen molar-refractivity contribution in [3.8, 4) is 22.6 Å². The summed E-state index contributed by atoms with van der Waals surface area (Å²) in [4.78, 5) is 13.0. The molecule has 24 heavy (non-hydrogen) atoms. The Morgan fingerprint density at radius 3 is 2.33 bits per heavy atom. The van der Waals surface area contributed by atoms with Gasteiger partial charge in [0.25, 0.3) is 5.56 Å². The molecule has 1 heterocycles. The number of pyridine rings is 1. The highest BCUT2D eigenvalue weighted by atomic mass is 19.1. The van der Waals surface area contributed by atoms with Crippen LogP contribution in [0.2, 0.25) is 0 Å². The lowest BCUT2D eigenvalue weighted by Crippen LogP contribution is -2.24. The molecule has 0 saturated heterocycles. The number of aryl methyl sites for hydroxylation is 1. The minimum Gasteiger partial charge on any atom is -0.508 e. The van der Waals surface area contributed by atoms with Crippen LogP contribution in [0.15, 0.2) is 53.3 Å². The van der Waals surface area contributed by atoms with E-state index in [2.05, 4.69) is 0 Å². The number of aromatic nitrogens is 1. The van der Waals surface area contributed by atoms with Gasteiger partial charge in [-0.05, 0) is 55.3 Å². The van der Waals surface area contributed by atoms with Crippen LogP contribution in [-0.4, -0.2) is 9.67 Å². The number of benzene rings is 2. The van der Waals surface area contributed by atoms with Crippen LogP contribution < -0.4 is 11.3 Å². The zero-order valence-corrected chi connectivity index (χ0v) is 13.4. The van der Waals surface area contributed by atoms with Crippen LogP contribution >= 0.6 is 0 Å². The monoisotopic (exact) mass is 324 g/mol. The maximum atomic E-state index is 13.1. The number of aromatic hydroxyl groups is 1. The molecule has 5 heteroatoms. The smallest absolute Gasteiger partial charge is 0.264 e. The highest BCUT2D eigenvalue weighted by Gasteiger charge is 2.16. The van der Waals surface area contributed by atoms with Crippen LogP contribution in [0, 0.1) is 19.7 Å². The normalized spacial score (nSPS) is 10.8. The lowest BCUT2D eigenvalue weighted by atomic mass is 10.0. The van der Waals surface area contributed by atoms with Crippen molar-refractivity contribution in [1.29, 1.82) is 0 Å². The molecule has 4 nitrogen and oxygen atoms in total. The predicted molar refractivity (Wildman–Crippen MR) is 93.0 cm³/mol. The average Bonchev–Trinajstić information content (AvgIpc) is 2.55. The van der Waals surface area contributed by atoms with Gasteiger partial charge in [-0.2, -0.15) is 0 Å². The van der Waals surface area contributed by atoms with Crippen LogP contribution in [0.25, 0.3) is 16.8 Å². The van der Waals surface area contributed by atoms with Crippen LogP contribution in [0.3, 0.4) is 0 Å². The van der Waals surface area contributed by atoms with Gasteiger partial charge < -0.3 is 10.8 Å². The Labute approximate surface area is 138 Å². The van der Waals surface area contributed by atoms with Gasteiger partial charge in [0.15, 0.2) is 0 Å². The van der Waals surface area contributed by atoms with Crippen molar-refractivity contribution in [3.05, 3.63) is 75.8 Å². The molecular formula is C19H17FN2O2. The number of halogens is 1. The lowest BCUT2D eigenvalue weighted by Gasteiger charge is -2.17. The summed E-state index contributed by atoms with van der Waals surface area (Å²) in [6, 6.07) is 12.3. The van der Waals surface area contributed by atoms with E-state index < -0.39 is 0 Å². The van der Waals surface area contributed by atoms with Crippen molar-refractivity contribution in [3.63, 3.8) is 0 Å². The Hall–Kier alpha value is -3.08. The molecule has 1 aromatic heterocycles. The van der Waals surface area contributed by atoms with Gasteiger partial charge in [0.05, 0.1) is 5.69 Å². The molecule has 0 atom stereocenters. The molecule has 3 N–H and O–H groups in total. The number of hydrogen-bond acceptors (Lipinski definition) is 3. The summed E-state index contributed by atoms with van der Waals surface area (Å²) in [5.74, 6) is -0.00839. The zero-order chi connectivity index (χ0) is 17.4. The summed E-state index contributed by atoms with van der Waals surface area (Å²) >= 11 is 0. The minimum atomic E-state index is -0.366. The van der Waals surface area contributed by atoms with E-state index in [1.54, 1.807) is 43.3 Å². The average molecular weight is 324 g/mol. The quantitative estimate of drug-likeness (QED) is 0.757. The molecule has 0 aliphatic carbocycles. The van der Waals surface area contributed by atoms with E-state index in [0.29, 0.717) is 22.4 Å². The predicted octanol–water partition coefficient (Wildman–Crippen LogP) is 3.55. The molecule has 0 saturated carbocycles. The molecule has 0 spiro atoms.